The molecule has 3 atom stereocenters. The standard InChI is InChI=1S/C27H28N4O6S/c1-16-20(28-22-6-4-5-12-29(16)22)11-13-38-25-24(26(34)37-17(2)32)30-21(14-23(30)33)27(25,3)15-18-7-9-19(10-8-18)31(35)36/h4-10,12,17,21,32H,11,13-15H2,1-3H3/t17-,21+,27-/m1/s1. The highest BCUT2D eigenvalue weighted by Gasteiger charge is 2.59. The van der Waals surface area contributed by atoms with Crippen molar-refractivity contribution in [2.24, 2.45) is 5.41 Å². The van der Waals surface area contributed by atoms with E-state index in [4.69, 9.17) is 9.72 Å². The number of imidazole rings is 1. The zero-order valence-electron chi connectivity index (χ0n) is 21.3. The van der Waals surface area contributed by atoms with E-state index in [0.29, 0.717) is 18.6 Å². The van der Waals surface area contributed by atoms with Gasteiger partial charge in [-0.2, -0.15) is 0 Å². The zero-order chi connectivity index (χ0) is 27.2. The number of aliphatic hydroxyl groups excluding tert-OH is 1. The van der Waals surface area contributed by atoms with Crippen molar-refractivity contribution in [3.05, 3.63) is 86.3 Å². The Bertz CT molecular complexity index is 1460. The summed E-state index contributed by atoms with van der Waals surface area (Å²) in [5.41, 5.74) is 3.28. The predicted molar refractivity (Wildman–Crippen MR) is 141 cm³/mol. The molecule has 0 spiro atoms. The molecule has 4 heterocycles. The molecule has 2 aromatic heterocycles. The number of benzene rings is 1. The van der Waals surface area contributed by atoms with Crippen molar-refractivity contribution in [1.29, 1.82) is 0 Å². The Labute approximate surface area is 223 Å². The van der Waals surface area contributed by atoms with Crippen LogP contribution >= 0.6 is 11.8 Å². The smallest absolute Gasteiger partial charge is 0.358 e. The molecule has 0 aliphatic carbocycles. The van der Waals surface area contributed by atoms with E-state index in [-0.39, 0.29) is 29.8 Å². The van der Waals surface area contributed by atoms with Crippen molar-refractivity contribution in [3.63, 3.8) is 0 Å². The van der Waals surface area contributed by atoms with Crippen LogP contribution in [0.3, 0.4) is 0 Å². The number of nitro groups is 1. The molecular weight excluding hydrogens is 508 g/mol. The summed E-state index contributed by atoms with van der Waals surface area (Å²) in [5.74, 6) is -0.304. The first-order valence-corrected chi connectivity index (χ1v) is 13.3. The summed E-state index contributed by atoms with van der Waals surface area (Å²) < 4.78 is 7.17. The predicted octanol–water partition coefficient (Wildman–Crippen LogP) is 3.78. The number of pyridine rings is 1. The number of aliphatic hydroxyl groups is 1. The summed E-state index contributed by atoms with van der Waals surface area (Å²) in [5, 5.41) is 20.8. The molecule has 1 aromatic carbocycles. The largest absolute Gasteiger partial charge is 0.432 e. The molecule has 2 aliphatic rings. The molecule has 0 bridgehead atoms. The number of esters is 1. The van der Waals surface area contributed by atoms with E-state index in [1.807, 2.05) is 42.6 Å². The number of aromatic nitrogens is 2. The highest BCUT2D eigenvalue weighted by Crippen LogP contribution is 2.56. The van der Waals surface area contributed by atoms with Crippen molar-refractivity contribution in [2.75, 3.05) is 5.75 Å². The number of non-ortho nitro benzene ring substituents is 1. The molecule has 1 amide bonds. The van der Waals surface area contributed by atoms with E-state index in [0.717, 1.165) is 27.5 Å². The van der Waals surface area contributed by atoms with Crippen LogP contribution in [0.4, 0.5) is 5.69 Å². The first-order valence-electron chi connectivity index (χ1n) is 12.3. The van der Waals surface area contributed by atoms with Crippen molar-refractivity contribution in [1.82, 2.24) is 14.3 Å². The Hall–Kier alpha value is -3.70. The summed E-state index contributed by atoms with van der Waals surface area (Å²) in [6.07, 6.45) is 2.05. The van der Waals surface area contributed by atoms with Crippen molar-refractivity contribution >= 4 is 35.0 Å². The summed E-state index contributed by atoms with van der Waals surface area (Å²) >= 11 is 1.49. The Kier molecular flexibility index (Phi) is 6.74. The first kappa shape index (κ1) is 25.9. The lowest BCUT2D eigenvalue weighted by atomic mass is 9.74. The number of nitro benzene ring substituents is 1. The number of carbonyl (C=O) groups excluding carboxylic acids is 2. The fraction of sp³-hybridized carbons (Fsp3) is 0.370. The summed E-state index contributed by atoms with van der Waals surface area (Å²) in [4.78, 5) is 43.4. The summed E-state index contributed by atoms with van der Waals surface area (Å²) in [7, 11) is 0. The number of thioether (sulfide) groups is 1. The van der Waals surface area contributed by atoms with Gasteiger partial charge in [-0.05, 0) is 38.0 Å². The van der Waals surface area contributed by atoms with Crippen LogP contribution in [0.15, 0.2) is 59.3 Å². The number of hydrogen-bond acceptors (Lipinski definition) is 8. The Morgan fingerprint density at radius 3 is 2.68 bits per heavy atom. The van der Waals surface area contributed by atoms with Gasteiger partial charge in [0, 0.05) is 52.9 Å². The zero-order valence-corrected chi connectivity index (χ0v) is 22.1. The van der Waals surface area contributed by atoms with Gasteiger partial charge < -0.3 is 19.1 Å². The highest BCUT2D eigenvalue weighted by atomic mass is 32.2. The summed E-state index contributed by atoms with van der Waals surface area (Å²) in [6.45, 7) is 5.38. The van der Waals surface area contributed by atoms with Crippen molar-refractivity contribution in [2.45, 2.75) is 52.4 Å². The lowest BCUT2D eigenvalue weighted by Gasteiger charge is -2.44. The van der Waals surface area contributed by atoms with Crippen LogP contribution in [0.2, 0.25) is 0 Å². The SMILES string of the molecule is Cc1c(CCSC2=C(C(=O)O[C@H](C)O)N3C(=O)C[C@H]3[C@@]2(C)Cc2ccc([N+](=O)[O-])cc2)nc2ccccn12. The van der Waals surface area contributed by atoms with Gasteiger partial charge >= 0.3 is 5.97 Å². The molecule has 0 unspecified atom stereocenters. The van der Waals surface area contributed by atoms with Crippen LogP contribution in [-0.4, -0.2) is 54.3 Å². The van der Waals surface area contributed by atoms with Gasteiger partial charge in [-0.3, -0.25) is 14.9 Å². The second-order valence-corrected chi connectivity index (χ2v) is 11.0. The van der Waals surface area contributed by atoms with E-state index in [1.54, 1.807) is 12.1 Å². The number of β-lactam (4-membered cyclic amide) rings is 1. The van der Waals surface area contributed by atoms with E-state index in [1.165, 1.54) is 35.7 Å². The Balaban J connectivity index is 1.47. The number of nitrogens with zero attached hydrogens (tertiary/aromatic N) is 4. The van der Waals surface area contributed by atoms with Crippen molar-refractivity contribution in [3.8, 4) is 0 Å². The second kappa shape index (κ2) is 9.88. The topological polar surface area (TPSA) is 127 Å². The maximum atomic E-state index is 13.1. The minimum atomic E-state index is -1.32. The minimum absolute atomic E-state index is 0.0000568. The van der Waals surface area contributed by atoms with Gasteiger partial charge in [0.2, 0.25) is 5.91 Å². The van der Waals surface area contributed by atoms with Gasteiger partial charge in [-0.1, -0.05) is 25.1 Å². The number of hydrogen-bond donors (Lipinski definition) is 1. The average molecular weight is 537 g/mol. The van der Waals surface area contributed by atoms with Crippen LogP contribution in [0.1, 0.15) is 37.2 Å². The third kappa shape index (κ3) is 4.45. The van der Waals surface area contributed by atoms with Crippen LogP contribution in [0.25, 0.3) is 5.65 Å². The lowest BCUT2D eigenvalue weighted by Crippen LogP contribution is -2.56. The molecule has 38 heavy (non-hydrogen) atoms. The fourth-order valence-electron chi connectivity index (χ4n) is 5.38. The molecule has 3 aromatic rings. The number of ether oxygens (including phenoxy) is 1. The quantitative estimate of drug-likeness (QED) is 0.144. The van der Waals surface area contributed by atoms with Crippen LogP contribution in [0.5, 0.6) is 0 Å². The van der Waals surface area contributed by atoms with Gasteiger partial charge in [0.1, 0.15) is 11.3 Å². The van der Waals surface area contributed by atoms with E-state index < -0.39 is 22.6 Å². The maximum absolute atomic E-state index is 13.1. The monoisotopic (exact) mass is 536 g/mol. The van der Waals surface area contributed by atoms with Gasteiger partial charge in [-0.25, -0.2) is 9.78 Å². The maximum Gasteiger partial charge on any atom is 0.358 e. The molecule has 5 rings (SSSR count). The number of carbonyl (C=O) groups is 2. The van der Waals surface area contributed by atoms with E-state index in [9.17, 15) is 24.8 Å². The minimum Gasteiger partial charge on any atom is -0.432 e. The molecule has 0 saturated carbocycles. The van der Waals surface area contributed by atoms with Crippen LogP contribution < -0.4 is 0 Å². The van der Waals surface area contributed by atoms with Crippen LogP contribution in [0, 0.1) is 22.5 Å². The van der Waals surface area contributed by atoms with Gasteiger partial charge in [0.05, 0.1) is 16.7 Å². The molecular formula is C27H28N4O6S. The number of amides is 1. The third-order valence-electron chi connectivity index (χ3n) is 7.30. The van der Waals surface area contributed by atoms with Crippen LogP contribution in [-0.2, 0) is 27.2 Å². The van der Waals surface area contributed by atoms with E-state index >= 15 is 0 Å². The molecule has 11 heteroatoms. The highest BCUT2D eigenvalue weighted by molar-refractivity contribution is 8.03. The summed E-state index contributed by atoms with van der Waals surface area (Å²) in [6, 6.07) is 11.9. The third-order valence-corrected chi connectivity index (χ3v) is 8.66. The van der Waals surface area contributed by atoms with Gasteiger partial charge in [0.15, 0.2) is 6.29 Å². The number of rotatable bonds is 9. The molecule has 1 N–H and O–H groups in total. The second-order valence-electron chi connectivity index (χ2n) is 9.86. The normalized spacial score (nSPS) is 21.4. The van der Waals surface area contributed by atoms with Gasteiger partial charge in [0.25, 0.3) is 5.69 Å². The Morgan fingerprint density at radius 1 is 1.32 bits per heavy atom. The average Bonchev–Trinajstić information content (AvgIpc) is 3.28. The molecule has 0 radical (unpaired) electrons. The first-order chi connectivity index (χ1) is 18.1. The lowest BCUT2D eigenvalue weighted by molar-refractivity contribution is -0.384. The van der Waals surface area contributed by atoms with E-state index in [2.05, 4.69) is 0 Å². The van der Waals surface area contributed by atoms with Crippen molar-refractivity contribution < 1.29 is 24.4 Å². The molecule has 2 aliphatic heterocycles. The fourth-order valence-corrected chi connectivity index (χ4v) is 6.74. The molecule has 1 fully saturated rings. The van der Waals surface area contributed by atoms with Gasteiger partial charge in [-0.15, -0.1) is 11.8 Å². The molecule has 198 valence electrons. The number of fused-ring (bicyclic) bond motifs is 2. The molecule has 10 nitrogen and oxygen atoms in total. The Morgan fingerprint density at radius 2 is 2.05 bits per heavy atom. The number of aryl methyl sites for hydroxylation is 2. The molecule has 1 saturated heterocycles.